The number of hydrogen-bond acceptors (Lipinski definition) is 4. The van der Waals surface area contributed by atoms with Gasteiger partial charge in [-0.3, -0.25) is 0 Å². The van der Waals surface area contributed by atoms with Crippen molar-refractivity contribution in [1.82, 2.24) is 19.3 Å². The van der Waals surface area contributed by atoms with Crippen molar-refractivity contribution in [2.24, 2.45) is 0 Å². The zero-order chi connectivity index (χ0) is 21.4. The highest BCUT2D eigenvalue weighted by molar-refractivity contribution is 7.89. The summed E-state index contributed by atoms with van der Waals surface area (Å²) in [7, 11) is -3.69. The van der Waals surface area contributed by atoms with E-state index < -0.39 is 15.7 Å². The van der Waals surface area contributed by atoms with Crippen molar-refractivity contribution in [2.75, 3.05) is 13.1 Å². The number of sulfonamides is 1. The zero-order valence-electron chi connectivity index (χ0n) is 16.8. The SMILES string of the molecule is CCN(CC)S(=O)(=O)c1ccccc1C1=CC=CC(F)(c2cnc3[nH]ccc3n2)C1. The number of benzene rings is 1. The number of aromatic nitrogens is 3. The Hall–Kier alpha value is -2.84. The smallest absolute Gasteiger partial charge is 0.243 e. The first kappa shape index (κ1) is 20.4. The third-order valence-electron chi connectivity index (χ3n) is 5.35. The Morgan fingerprint density at radius 2 is 1.97 bits per heavy atom. The predicted molar refractivity (Wildman–Crippen MR) is 115 cm³/mol. The summed E-state index contributed by atoms with van der Waals surface area (Å²) in [6, 6.07) is 8.50. The highest BCUT2D eigenvalue weighted by Gasteiger charge is 2.36. The molecule has 0 fully saturated rings. The summed E-state index contributed by atoms with van der Waals surface area (Å²) in [5.41, 5.74) is 0.593. The van der Waals surface area contributed by atoms with Crippen LogP contribution in [0, 0.1) is 0 Å². The van der Waals surface area contributed by atoms with Crippen molar-refractivity contribution >= 4 is 26.8 Å². The molecule has 156 valence electrons. The molecule has 6 nitrogen and oxygen atoms in total. The molecule has 2 aromatic heterocycles. The Labute approximate surface area is 175 Å². The lowest BCUT2D eigenvalue weighted by molar-refractivity contribution is 0.232. The number of allylic oxidation sites excluding steroid dienone is 4. The summed E-state index contributed by atoms with van der Waals surface area (Å²) in [6.07, 6.45) is 7.92. The minimum atomic E-state index is -3.69. The van der Waals surface area contributed by atoms with E-state index >= 15 is 4.39 Å². The van der Waals surface area contributed by atoms with Gasteiger partial charge < -0.3 is 4.98 Å². The van der Waals surface area contributed by atoms with E-state index in [-0.39, 0.29) is 17.0 Å². The maximum atomic E-state index is 16.0. The monoisotopic (exact) mass is 426 g/mol. The van der Waals surface area contributed by atoms with Crippen LogP contribution in [0.2, 0.25) is 0 Å². The number of rotatable bonds is 6. The van der Waals surface area contributed by atoms with Crippen molar-refractivity contribution < 1.29 is 12.8 Å². The molecule has 0 aliphatic heterocycles. The van der Waals surface area contributed by atoms with Gasteiger partial charge in [0.05, 0.1) is 11.1 Å². The van der Waals surface area contributed by atoms with E-state index in [1.807, 2.05) is 0 Å². The van der Waals surface area contributed by atoms with Crippen molar-refractivity contribution in [2.45, 2.75) is 30.8 Å². The summed E-state index contributed by atoms with van der Waals surface area (Å²) in [4.78, 5) is 11.8. The Morgan fingerprint density at radius 3 is 2.73 bits per heavy atom. The van der Waals surface area contributed by atoms with E-state index in [1.165, 1.54) is 16.6 Å². The van der Waals surface area contributed by atoms with Gasteiger partial charge in [-0.25, -0.2) is 22.8 Å². The van der Waals surface area contributed by atoms with Crippen LogP contribution in [-0.4, -0.2) is 40.8 Å². The Kier molecular flexibility index (Phi) is 5.29. The molecular weight excluding hydrogens is 403 g/mol. The fourth-order valence-electron chi connectivity index (χ4n) is 3.76. The van der Waals surface area contributed by atoms with Crippen molar-refractivity contribution in [3.8, 4) is 0 Å². The fraction of sp³-hybridized carbons (Fsp3) is 0.273. The van der Waals surface area contributed by atoms with Crippen LogP contribution >= 0.6 is 0 Å². The molecule has 30 heavy (non-hydrogen) atoms. The molecule has 0 saturated carbocycles. The van der Waals surface area contributed by atoms with E-state index in [0.29, 0.717) is 35.4 Å². The maximum absolute atomic E-state index is 16.0. The van der Waals surface area contributed by atoms with Crippen LogP contribution in [0.1, 0.15) is 31.5 Å². The van der Waals surface area contributed by atoms with Crippen LogP contribution < -0.4 is 0 Å². The van der Waals surface area contributed by atoms with Crippen LogP contribution in [-0.2, 0) is 15.7 Å². The van der Waals surface area contributed by atoms with E-state index in [4.69, 9.17) is 0 Å². The largest absolute Gasteiger partial charge is 0.345 e. The molecule has 4 rings (SSSR count). The Bertz CT molecular complexity index is 1240. The van der Waals surface area contributed by atoms with E-state index in [9.17, 15) is 8.42 Å². The second-order valence-electron chi connectivity index (χ2n) is 7.14. The van der Waals surface area contributed by atoms with Gasteiger partial charge in [0.25, 0.3) is 0 Å². The number of nitrogens with one attached hydrogen (secondary N) is 1. The Balaban J connectivity index is 1.74. The van der Waals surface area contributed by atoms with Gasteiger partial charge in [-0.05, 0) is 29.3 Å². The van der Waals surface area contributed by atoms with Gasteiger partial charge in [0.2, 0.25) is 10.0 Å². The molecule has 8 heteroatoms. The van der Waals surface area contributed by atoms with E-state index in [1.54, 1.807) is 62.5 Å². The molecule has 1 aliphatic carbocycles. The van der Waals surface area contributed by atoms with E-state index in [0.717, 1.165) is 0 Å². The molecule has 1 unspecified atom stereocenters. The molecule has 1 aliphatic rings. The maximum Gasteiger partial charge on any atom is 0.243 e. The summed E-state index contributed by atoms with van der Waals surface area (Å²) in [6.45, 7) is 4.33. The third kappa shape index (κ3) is 3.46. The number of aromatic amines is 1. The van der Waals surface area contributed by atoms with Gasteiger partial charge in [-0.1, -0.05) is 44.2 Å². The van der Waals surface area contributed by atoms with Gasteiger partial charge in [-0.15, -0.1) is 0 Å². The molecule has 2 heterocycles. The number of halogens is 1. The molecule has 0 spiro atoms. The zero-order valence-corrected chi connectivity index (χ0v) is 17.7. The molecule has 0 bridgehead atoms. The second kappa shape index (κ2) is 7.77. The molecule has 1 aromatic carbocycles. The number of alkyl halides is 1. The minimum Gasteiger partial charge on any atom is -0.345 e. The number of fused-ring (bicyclic) bond motifs is 1. The lowest BCUT2D eigenvalue weighted by Gasteiger charge is -2.27. The van der Waals surface area contributed by atoms with Crippen LogP contribution in [0.4, 0.5) is 4.39 Å². The third-order valence-corrected chi connectivity index (χ3v) is 7.46. The van der Waals surface area contributed by atoms with Crippen LogP contribution in [0.5, 0.6) is 0 Å². The molecular formula is C22H23FN4O2S. The topological polar surface area (TPSA) is 79.0 Å². The average molecular weight is 427 g/mol. The van der Waals surface area contributed by atoms with Crippen LogP contribution in [0.3, 0.4) is 0 Å². The summed E-state index contributed by atoms with van der Waals surface area (Å²) < 4.78 is 43.7. The Morgan fingerprint density at radius 1 is 1.20 bits per heavy atom. The number of hydrogen-bond donors (Lipinski definition) is 1. The first-order chi connectivity index (χ1) is 14.4. The van der Waals surface area contributed by atoms with Crippen molar-refractivity contribution in [3.63, 3.8) is 0 Å². The first-order valence-corrected chi connectivity index (χ1v) is 11.3. The van der Waals surface area contributed by atoms with Gasteiger partial charge in [-0.2, -0.15) is 4.31 Å². The van der Waals surface area contributed by atoms with Crippen LogP contribution in [0.25, 0.3) is 16.7 Å². The van der Waals surface area contributed by atoms with Crippen LogP contribution in [0.15, 0.2) is 65.8 Å². The predicted octanol–water partition coefficient (Wildman–Crippen LogP) is 4.20. The van der Waals surface area contributed by atoms with Gasteiger partial charge in [0, 0.05) is 25.7 Å². The van der Waals surface area contributed by atoms with Gasteiger partial charge in [0.1, 0.15) is 11.2 Å². The molecule has 1 N–H and O–H groups in total. The summed E-state index contributed by atoms with van der Waals surface area (Å²) in [5.74, 6) is 0. The van der Waals surface area contributed by atoms with Crippen molar-refractivity contribution in [1.29, 1.82) is 0 Å². The minimum absolute atomic E-state index is 0.0289. The van der Waals surface area contributed by atoms with Gasteiger partial charge in [0.15, 0.2) is 11.3 Å². The summed E-state index contributed by atoms with van der Waals surface area (Å²) in [5, 5.41) is 0. The average Bonchev–Trinajstić information content (AvgIpc) is 3.22. The number of H-pyrrole nitrogens is 1. The normalized spacial score (nSPS) is 19.4. The highest BCUT2D eigenvalue weighted by atomic mass is 32.2. The fourth-order valence-corrected chi connectivity index (χ4v) is 5.45. The second-order valence-corrected chi connectivity index (χ2v) is 9.05. The highest BCUT2D eigenvalue weighted by Crippen LogP contribution is 2.41. The molecule has 1 atom stereocenters. The molecule has 3 aromatic rings. The molecule has 0 saturated heterocycles. The van der Waals surface area contributed by atoms with Crippen molar-refractivity contribution in [3.05, 3.63) is 72.2 Å². The lowest BCUT2D eigenvalue weighted by atomic mass is 9.85. The summed E-state index contributed by atoms with van der Waals surface area (Å²) >= 11 is 0. The number of nitrogens with zero attached hydrogens (tertiary/aromatic N) is 3. The first-order valence-electron chi connectivity index (χ1n) is 9.86. The standard InChI is InChI=1S/C22H23FN4O2S/c1-3-27(4-2)30(28,29)19-10-6-5-9-17(19)16-8-7-12-22(23,14-16)20-15-25-21-18(26-20)11-13-24-21/h5-13,15H,3-4,14H2,1-2H3,(H,24,25). The lowest BCUT2D eigenvalue weighted by Crippen LogP contribution is -2.31. The van der Waals surface area contributed by atoms with Gasteiger partial charge >= 0.3 is 0 Å². The quantitative estimate of drug-likeness (QED) is 0.641. The molecule has 0 amide bonds. The molecule has 0 radical (unpaired) electrons. The van der Waals surface area contributed by atoms with E-state index in [2.05, 4.69) is 15.0 Å².